The van der Waals surface area contributed by atoms with Crippen molar-refractivity contribution in [2.45, 2.75) is 108 Å². The molecule has 12 heteroatoms. The molecule has 0 aromatic rings. The number of unbranched alkanes of at least 4 members (excludes halogenated alkanes) is 5. The van der Waals surface area contributed by atoms with Crippen molar-refractivity contribution in [3.05, 3.63) is 36.5 Å². The molecule has 0 amide bonds. The second-order valence-electron chi connectivity index (χ2n) is 9.53. The minimum Gasteiger partial charge on any atom is -0.463 e. The number of aliphatic hydroxyl groups excluding tert-OH is 4. The molecule has 0 bridgehead atoms. The third kappa shape index (κ3) is 16.9. The predicted octanol–water partition coefficient (Wildman–Crippen LogP) is 2.19. The van der Waals surface area contributed by atoms with Crippen molar-refractivity contribution < 1.29 is 52.4 Å². The molecule has 1 unspecified atom stereocenters. The first-order valence-electron chi connectivity index (χ1n) is 13.6. The lowest BCUT2D eigenvalue weighted by molar-refractivity contribution is -0.296. The van der Waals surface area contributed by atoms with Gasteiger partial charge in [0.15, 0.2) is 6.29 Å². The summed E-state index contributed by atoms with van der Waals surface area (Å²) in [7, 11) is -4.54. The summed E-state index contributed by atoms with van der Waals surface area (Å²) < 4.78 is 46.4. The van der Waals surface area contributed by atoms with Crippen LogP contribution in [0.25, 0.3) is 0 Å². The van der Waals surface area contributed by atoms with Crippen molar-refractivity contribution in [1.29, 1.82) is 0 Å². The number of esters is 1. The maximum absolute atomic E-state index is 11.9. The van der Waals surface area contributed by atoms with Gasteiger partial charge in [-0.25, -0.2) is 0 Å². The van der Waals surface area contributed by atoms with Crippen molar-refractivity contribution >= 4 is 16.1 Å². The maximum Gasteiger partial charge on any atom is 0.305 e. The largest absolute Gasteiger partial charge is 0.463 e. The van der Waals surface area contributed by atoms with E-state index >= 15 is 0 Å². The Kier molecular flexibility index (Phi) is 18.4. The second kappa shape index (κ2) is 20.3. The fourth-order valence-electron chi connectivity index (χ4n) is 3.80. The molecule has 226 valence electrons. The molecule has 1 aliphatic heterocycles. The van der Waals surface area contributed by atoms with E-state index in [9.17, 15) is 33.6 Å². The van der Waals surface area contributed by atoms with Gasteiger partial charge in [0.1, 0.15) is 42.9 Å². The Morgan fingerprint density at radius 3 is 2.15 bits per heavy atom. The van der Waals surface area contributed by atoms with Gasteiger partial charge >= 0.3 is 5.97 Å². The van der Waals surface area contributed by atoms with Gasteiger partial charge in [0.2, 0.25) is 0 Å². The first-order valence-corrected chi connectivity index (χ1v) is 15.2. The number of allylic oxidation sites excluding steroid dienone is 6. The van der Waals surface area contributed by atoms with E-state index in [4.69, 9.17) is 18.8 Å². The highest BCUT2D eigenvalue weighted by atomic mass is 32.2. The van der Waals surface area contributed by atoms with Crippen molar-refractivity contribution in [1.82, 2.24) is 0 Å². The lowest BCUT2D eigenvalue weighted by Gasteiger charge is -2.40. The van der Waals surface area contributed by atoms with Crippen LogP contribution in [0.2, 0.25) is 0 Å². The van der Waals surface area contributed by atoms with Gasteiger partial charge < -0.3 is 34.6 Å². The van der Waals surface area contributed by atoms with Crippen LogP contribution in [0.15, 0.2) is 36.5 Å². The summed E-state index contributed by atoms with van der Waals surface area (Å²) in [4.78, 5) is 11.9. The molecule has 6 atom stereocenters. The molecule has 0 aromatic heterocycles. The zero-order valence-electron chi connectivity index (χ0n) is 22.7. The molecular weight excluding hydrogens is 532 g/mol. The average Bonchev–Trinajstić information content (AvgIpc) is 2.88. The Labute approximate surface area is 231 Å². The molecule has 1 rings (SSSR count). The quantitative estimate of drug-likeness (QED) is 0.0618. The molecule has 0 aliphatic carbocycles. The van der Waals surface area contributed by atoms with Crippen molar-refractivity contribution in [3.63, 3.8) is 0 Å². The Balaban J connectivity index is 2.11. The molecule has 0 aromatic carbocycles. The summed E-state index contributed by atoms with van der Waals surface area (Å²) in [5, 5.41) is 39.7. The highest BCUT2D eigenvalue weighted by Crippen LogP contribution is 2.23. The van der Waals surface area contributed by atoms with Crippen LogP contribution in [0.3, 0.4) is 0 Å². The van der Waals surface area contributed by atoms with E-state index in [1.165, 1.54) is 0 Å². The zero-order valence-corrected chi connectivity index (χ0v) is 23.5. The third-order valence-corrected chi connectivity index (χ3v) is 6.71. The van der Waals surface area contributed by atoms with Gasteiger partial charge in [-0.15, -0.1) is 0 Å². The Morgan fingerprint density at radius 2 is 1.49 bits per heavy atom. The standard InChI is InChI=1S/C27H46O11S/c1-2-3-4-5-6-7-8-9-10-11-12-13-14-15-16-17-23(29)36-18-21(28)19-37-27-26(32)25(31)24(30)22(38-27)20-39(33,34)35/h3-4,6-7,9-10,21-22,24-28,30-32H,2,5,8,11-20H2,1H3,(H,33,34,35)/b4-3-,7-6-,10-9-/t21?,22-,24-,25+,26-,27+/m1/s1. The summed E-state index contributed by atoms with van der Waals surface area (Å²) in [5.74, 6) is -1.49. The molecule has 1 saturated heterocycles. The Morgan fingerprint density at radius 1 is 0.872 bits per heavy atom. The Hall–Kier alpha value is -1.64. The van der Waals surface area contributed by atoms with E-state index in [-0.39, 0.29) is 13.0 Å². The maximum atomic E-state index is 11.9. The second-order valence-corrected chi connectivity index (χ2v) is 11.0. The van der Waals surface area contributed by atoms with Crippen LogP contribution >= 0.6 is 0 Å². The number of carbonyl (C=O) groups is 1. The van der Waals surface area contributed by atoms with Crippen LogP contribution in [0.1, 0.15) is 71.1 Å². The van der Waals surface area contributed by atoms with Crippen molar-refractivity contribution in [2.75, 3.05) is 19.0 Å². The zero-order chi connectivity index (χ0) is 29.1. The van der Waals surface area contributed by atoms with Crippen LogP contribution < -0.4 is 0 Å². The van der Waals surface area contributed by atoms with Crippen LogP contribution in [0, 0.1) is 0 Å². The summed E-state index contributed by atoms with van der Waals surface area (Å²) in [6.07, 6.45) is 12.3. The summed E-state index contributed by atoms with van der Waals surface area (Å²) >= 11 is 0. The van der Waals surface area contributed by atoms with E-state index in [0.29, 0.717) is 6.42 Å². The van der Waals surface area contributed by atoms with Gasteiger partial charge in [0.05, 0.1) is 6.61 Å². The number of rotatable bonds is 20. The Bertz CT molecular complexity index is 856. The molecule has 0 saturated carbocycles. The third-order valence-electron chi connectivity index (χ3n) is 5.96. The topological polar surface area (TPSA) is 180 Å². The van der Waals surface area contributed by atoms with E-state index in [2.05, 4.69) is 43.4 Å². The van der Waals surface area contributed by atoms with Gasteiger partial charge in [0.25, 0.3) is 10.1 Å². The van der Waals surface area contributed by atoms with Crippen LogP contribution in [-0.2, 0) is 29.1 Å². The number of hydrogen-bond acceptors (Lipinski definition) is 10. The van der Waals surface area contributed by atoms with E-state index in [1.807, 2.05) is 0 Å². The average molecular weight is 579 g/mol. The van der Waals surface area contributed by atoms with E-state index in [0.717, 1.165) is 51.4 Å². The summed E-state index contributed by atoms with van der Waals surface area (Å²) in [5.41, 5.74) is 0. The van der Waals surface area contributed by atoms with Crippen LogP contribution in [0.5, 0.6) is 0 Å². The number of hydrogen-bond donors (Lipinski definition) is 5. The highest BCUT2D eigenvalue weighted by molar-refractivity contribution is 7.85. The van der Waals surface area contributed by atoms with Crippen molar-refractivity contribution in [3.8, 4) is 0 Å². The lowest BCUT2D eigenvalue weighted by atomic mass is 10.00. The van der Waals surface area contributed by atoms with Gasteiger partial charge in [-0.1, -0.05) is 62.6 Å². The van der Waals surface area contributed by atoms with Gasteiger partial charge in [-0.3, -0.25) is 9.35 Å². The minimum atomic E-state index is -4.54. The van der Waals surface area contributed by atoms with Crippen LogP contribution in [-0.4, -0.2) is 95.1 Å². The smallest absolute Gasteiger partial charge is 0.305 e. The van der Waals surface area contributed by atoms with Crippen LogP contribution in [0.4, 0.5) is 0 Å². The van der Waals surface area contributed by atoms with Crippen molar-refractivity contribution in [2.24, 2.45) is 0 Å². The SMILES string of the molecule is CC/C=C\C/C=C\C/C=C\CCCCCCCC(=O)OCC(O)CO[C@H]1O[C@H](CS(=O)(=O)O)[C@@H](O)[C@H](O)[C@H]1O. The number of carbonyl (C=O) groups excluding carboxylic acids is 1. The van der Waals surface area contributed by atoms with Gasteiger partial charge in [-0.05, 0) is 38.5 Å². The summed E-state index contributed by atoms with van der Waals surface area (Å²) in [6, 6.07) is 0. The summed E-state index contributed by atoms with van der Waals surface area (Å²) in [6.45, 7) is 1.30. The lowest BCUT2D eigenvalue weighted by Crippen LogP contribution is -2.60. The predicted molar refractivity (Wildman–Crippen MR) is 145 cm³/mol. The number of ether oxygens (including phenoxy) is 3. The normalized spacial score (nSPS) is 25.1. The number of aliphatic hydroxyl groups is 4. The van der Waals surface area contributed by atoms with E-state index in [1.54, 1.807) is 0 Å². The molecule has 0 radical (unpaired) electrons. The first kappa shape index (κ1) is 35.4. The highest BCUT2D eigenvalue weighted by Gasteiger charge is 2.45. The molecular formula is C27H46O11S. The molecule has 1 aliphatic rings. The fourth-order valence-corrected chi connectivity index (χ4v) is 4.49. The fraction of sp³-hybridized carbons (Fsp3) is 0.741. The molecule has 5 N–H and O–H groups in total. The molecule has 11 nitrogen and oxygen atoms in total. The minimum absolute atomic E-state index is 0.221. The first-order chi connectivity index (χ1) is 18.5. The molecule has 1 fully saturated rings. The molecule has 1 heterocycles. The van der Waals surface area contributed by atoms with E-state index < -0.39 is 65.3 Å². The molecule has 0 spiro atoms. The molecule has 39 heavy (non-hydrogen) atoms. The monoisotopic (exact) mass is 578 g/mol. The van der Waals surface area contributed by atoms with Gasteiger partial charge in [0, 0.05) is 6.42 Å². The van der Waals surface area contributed by atoms with Gasteiger partial charge in [-0.2, -0.15) is 8.42 Å².